The molecule has 0 nitrogen and oxygen atoms in total. The molecule has 14 heavy (non-hydrogen) atoms. The van der Waals surface area contributed by atoms with Crippen LogP contribution in [-0.2, 0) is 6.42 Å². The SMILES string of the molecule is CCc1cc2c(F)cc(C)c(F)c2s1. The molecular formula is C11H10F2S. The quantitative estimate of drug-likeness (QED) is 0.669. The van der Waals surface area contributed by atoms with Crippen LogP contribution in [0.15, 0.2) is 12.1 Å². The maximum absolute atomic E-state index is 13.6. The summed E-state index contributed by atoms with van der Waals surface area (Å²) in [5, 5.41) is 0.412. The lowest BCUT2D eigenvalue weighted by Crippen LogP contribution is -1.85. The molecule has 0 aliphatic carbocycles. The zero-order valence-corrected chi connectivity index (χ0v) is 8.84. The molecule has 1 aromatic heterocycles. The largest absolute Gasteiger partial charge is 0.206 e. The van der Waals surface area contributed by atoms with Crippen molar-refractivity contribution in [3.63, 3.8) is 0 Å². The van der Waals surface area contributed by atoms with Gasteiger partial charge in [-0.15, -0.1) is 11.3 Å². The van der Waals surface area contributed by atoms with Gasteiger partial charge in [-0.3, -0.25) is 0 Å². The van der Waals surface area contributed by atoms with Crippen LogP contribution in [0.25, 0.3) is 10.1 Å². The molecule has 0 bridgehead atoms. The molecule has 0 amide bonds. The maximum Gasteiger partial charge on any atom is 0.144 e. The van der Waals surface area contributed by atoms with E-state index in [2.05, 4.69) is 0 Å². The molecule has 0 saturated heterocycles. The Labute approximate surface area is 85.2 Å². The Morgan fingerprint density at radius 2 is 2.00 bits per heavy atom. The van der Waals surface area contributed by atoms with E-state index in [0.29, 0.717) is 15.6 Å². The van der Waals surface area contributed by atoms with Crippen molar-refractivity contribution in [3.8, 4) is 0 Å². The fraction of sp³-hybridized carbons (Fsp3) is 0.273. The minimum atomic E-state index is -0.324. The molecule has 0 unspecified atom stereocenters. The monoisotopic (exact) mass is 212 g/mol. The minimum Gasteiger partial charge on any atom is -0.206 e. The van der Waals surface area contributed by atoms with Gasteiger partial charge in [0.05, 0.1) is 4.70 Å². The van der Waals surface area contributed by atoms with Crippen molar-refractivity contribution in [1.82, 2.24) is 0 Å². The number of benzene rings is 1. The van der Waals surface area contributed by atoms with Gasteiger partial charge in [0.2, 0.25) is 0 Å². The van der Waals surface area contributed by atoms with Crippen LogP contribution >= 0.6 is 11.3 Å². The van der Waals surface area contributed by atoms with Crippen molar-refractivity contribution in [1.29, 1.82) is 0 Å². The smallest absolute Gasteiger partial charge is 0.144 e. The van der Waals surface area contributed by atoms with E-state index in [1.807, 2.05) is 6.92 Å². The predicted molar refractivity (Wildman–Crippen MR) is 55.9 cm³/mol. The molecule has 0 radical (unpaired) electrons. The number of rotatable bonds is 1. The lowest BCUT2D eigenvalue weighted by Gasteiger charge is -1.98. The lowest BCUT2D eigenvalue weighted by atomic mass is 10.1. The summed E-state index contributed by atoms with van der Waals surface area (Å²) >= 11 is 1.34. The number of thiophene rings is 1. The molecule has 1 aromatic carbocycles. The molecule has 2 rings (SSSR count). The molecule has 3 heteroatoms. The molecule has 0 fully saturated rings. The van der Waals surface area contributed by atoms with Gasteiger partial charge in [-0.25, -0.2) is 8.78 Å². The summed E-state index contributed by atoms with van der Waals surface area (Å²) in [7, 11) is 0. The van der Waals surface area contributed by atoms with Crippen LogP contribution in [0.1, 0.15) is 17.4 Å². The van der Waals surface area contributed by atoms with E-state index < -0.39 is 0 Å². The third-order valence-corrected chi connectivity index (χ3v) is 3.55. The zero-order valence-electron chi connectivity index (χ0n) is 8.03. The van der Waals surface area contributed by atoms with Crippen LogP contribution in [-0.4, -0.2) is 0 Å². The molecule has 0 atom stereocenters. The number of halogens is 2. The fourth-order valence-electron chi connectivity index (χ4n) is 1.47. The van der Waals surface area contributed by atoms with Crippen LogP contribution in [0.3, 0.4) is 0 Å². The summed E-state index contributed by atoms with van der Waals surface area (Å²) in [4.78, 5) is 1.02. The molecule has 2 aromatic rings. The normalized spacial score (nSPS) is 11.1. The van der Waals surface area contributed by atoms with E-state index in [1.165, 1.54) is 17.4 Å². The van der Waals surface area contributed by atoms with Gasteiger partial charge in [-0.1, -0.05) is 6.92 Å². The van der Waals surface area contributed by atoms with E-state index in [0.717, 1.165) is 11.3 Å². The van der Waals surface area contributed by atoms with E-state index >= 15 is 0 Å². The Balaban J connectivity index is 2.84. The summed E-state index contributed by atoms with van der Waals surface area (Å²) in [6, 6.07) is 2.99. The van der Waals surface area contributed by atoms with E-state index in [1.54, 1.807) is 13.0 Å². The Hall–Kier alpha value is -0.960. The van der Waals surface area contributed by atoms with Gasteiger partial charge in [0, 0.05) is 10.3 Å². The molecule has 0 spiro atoms. The zero-order chi connectivity index (χ0) is 10.3. The first-order valence-corrected chi connectivity index (χ1v) is 5.32. The maximum atomic E-state index is 13.6. The second-order valence-corrected chi connectivity index (χ2v) is 4.44. The predicted octanol–water partition coefficient (Wildman–Crippen LogP) is 4.05. The number of hydrogen-bond acceptors (Lipinski definition) is 1. The van der Waals surface area contributed by atoms with Crippen LogP contribution in [0.2, 0.25) is 0 Å². The van der Waals surface area contributed by atoms with Crippen molar-refractivity contribution in [2.45, 2.75) is 20.3 Å². The molecule has 0 saturated carbocycles. The van der Waals surface area contributed by atoms with E-state index in [-0.39, 0.29) is 11.6 Å². The summed E-state index contributed by atoms with van der Waals surface area (Å²) in [5.41, 5.74) is 0.375. The number of hydrogen-bond donors (Lipinski definition) is 0. The van der Waals surface area contributed by atoms with Crippen molar-refractivity contribution in [2.24, 2.45) is 0 Å². The van der Waals surface area contributed by atoms with Gasteiger partial charge in [-0.05, 0) is 31.0 Å². The molecular weight excluding hydrogens is 202 g/mol. The van der Waals surface area contributed by atoms with Gasteiger partial charge in [0.15, 0.2) is 0 Å². The van der Waals surface area contributed by atoms with Crippen molar-refractivity contribution in [2.75, 3.05) is 0 Å². The summed E-state index contributed by atoms with van der Waals surface area (Å²) in [5.74, 6) is -0.610. The Kier molecular flexibility index (Phi) is 2.27. The summed E-state index contributed by atoms with van der Waals surface area (Å²) < 4.78 is 27.4. The standard InChI is InChI=1S/C11H10F2S/c1-3-7-5-8-9(12)4-6(2)10(13)11(8)14-7/h4-5H,3H2,1-2H3. The van der Waals surface area contributed by atoms with Crippen LogP contribution in [0.5, 0.6) is 0 Å². The first-order valence-electron chi connectivity index (χ1n) is 4.50. The molecule has 0 N–H and O–H groups in total. The average molecular weight is 212 g/mol. The van der Waals surface area contributed by atoms with Crippen LogP contribution in [0, 0.1) is 18.6 Å². The fourth-order valence-corrected chi connectivity index (χ4v) is 2.57. The highest BCUT2D eigenvalue weighted by Crippen LogP contribution is 2.31. The highest BCUT2D eigenvalue weighted by molar-refractivity contribution is 7.19. The molecule has 1 heterocycles. The Bertz CT molecular complexity index is 485. The molecule has 0 aliphatic rings. The number of fused-ring (bicyclic) bond motifs is 1. The highest BCUT2D eigenvalue weighted by atomic mass is 32.1. The first-order chi connectivity index (χ1) is 6.63. The van der Waals surface area contributed by atoms with Crippen LogP contribution < -0.4 is 0 Å². The third-order valence-electron chi connectivity index (χ3n) is 2.28. The van der Waals surface area contributed by atoms with Gasteiger partial charge in [0.1, 0.15) is 11.6 Å². The van der Waals surface area contributed by atoms with Gasteiger partial charge < -0.3 is 0 Å². The van der Waals surface area contributed by atoms with Crippen LogP contribution in [0.4, 0.5) is 8.78 Å². The summed E-state index contributed by atoms with van der Waals surface area (Å²) in [6.45, 7) is 3.57. The second-order valence-electron chi connectivity index (χ2n) is 3.30. The average Bonchev–Trinajstić information content (AvgIpc) is 2.58. The van der Waals surface area contributed by atoms with Gasteiger partial charge >= 0.3 is 0 Å². The molecule has 74 valence electrons. The van der Waals surface area contributed by atoms with Gasteiger partial charge in [-0.2, -0.15) is 0 Å². The third kappa shape index (κ3) is 1.32. The summed E-state index contributed by atoms with van der Waals surface area (Å²) in [6.07, 6.45) is 0.817. The highest BCUT2D eigenvalue weighted by Gasteiger charge is 2.12. The van der Waals surface area contributed by atoms with E-state index in [9.17, 15) is 8.78 Å². The lowest BCUT2D eigenvalue weighted by molar-refractivity contribution is 0.611. The molecule has 0 aliphatic heterocycles. The van der Waals surface area contributed by atoms with Gasteiger partial charge in [0.25, 0.3) is 0 Å². The Morgan fingerprint density at radius 1 is 1.29 bits per heavy atom. The van der Waals surface area contributed by atoms with Crippen molar-refractivity contribution < 1.29 is 8.78 Å². The topological polar surface area (TPSA) is 0 Å². The van der Waals surface area contributed by atoms with Crippen molar-refractivity contribution >= 4 is 21.4 Å². The Morgan fingerprint density at radius 3 is 2.64 bits per heavy atom. The van der Waals surface area contributed by atoms with Crippen molar-refractivity contribution in [3.05, 3.63) is 34.2 Å². The first kappa shape index (κ1) is 9.59. The minimum absolute atomic E-state index is 0.286. The van der Waals surface area contributed by atoms with E-state index in [4.69, 9.17) is 0 Å². The number of aryl methyl sites for hydroxylation is 2. The second kappa shape index (κ2) is 3.31.